The molecule has 2 atom stereocenters. The largest absolute Gasteiger partial charge is 0.417 e. The number of rotatable bonds is 4. The first-order valence-corrected chi connectivity index (χ1v) is 11.1. The molecule has 0 fully saturated rings. The lowest BCUT2D eigenvalue weighted by molar-refractivity contribution is -0.138. The SMILES string of the molecule is C[C@H](Nc1cc(Cl)nn2ccnc12)C1Cc2cccc(C(F)(F)F)c2C(=O)N1c1cccc(F)c1. The average molecular weight is 504 g/mol. The van der Waals surface area contributed by atoms with Gasteiger partial charge in [0.05, 0.1) is 22.9 Å². The minimum Gasteiger partial charge on any atom is -0.377 e. The molecule has 0 saturated heterocycles. The van der Waals surface area contributed by atoms with E-state index >= 15 is 0 Å². The van der Waals surface area contributed by atoms with Crippen molar-refractivity contribution in [3.8, 4) is 0 Å². The summed E-state index contributed by atoms with van der Waals surface area (Å²) in [5.41, 5.74) is 0.0186. The standard InChI is InChI=1S/C24H18ClF4N5O/c1-13(31-18-12-20(25)32-33-9-8-30-22(18)33)19-10-14-4-2-7-17(24(27,28)29)21(14)23(35)34(19)16-6-3-5-15(26)11-16/h2-9,11-13,19,31H,10H2,1H3/t13-,19?/m0/s1. The highest BCUT2D eigenvalue weighted by molar-refractivity contribution is 6.29. The summed E-state index contributed by atoms with van der Waals surface area (Å²) in [5, 5.41) is 7.61. The number of imidazole rings is 1. The molecule has 3 heterocycles. The molecule has 180 valence electrons. The summed E-state index contributed by atoms with van der Waals surface area (Å²) in [6.07, 6.45) is -1.44. The van der Waals surface area contributed by atoms with E-state index in [1.165, 1.54) is 39.7 Å². The summed E-state index contributed by atoms with van der Waals surface area (Å²) < 4.78 is 56.9. The fourth-order valence-electron chi connectivity index (χ4n) is 4.52. The zero-order valence-electron chi connectivity index (χ0n) is 18.2. The van der Waals surface area contributed by atoms with Crippen LogP contribution < -0.4 is 10.2 Å². The second-order valence-electron chi connectivity index (χ2n) is 8.27. The molecule has 11 heteroatoms. The van der Waals surface area contributed by atoms with Gasteiger partial charge in [-0.2, -0.15) is 18.3 Å². The molecular formula is C24H18ClF4N5O. The van der Waals surface area contributed by atoms with E-state index < -0.39 is 41.1 Å². The number of hydrogen-bond donors (Lipinski definition) is 1. The first-order chi connectivity index (χ1) is 16.6. The van der Waals surface area contributed by atoms with Crippen LogP contribution in [0.4, 0.5) is 28.9 Å². The summed E-state index contributed by atoms with van der Waals surface area (Å²) in [5.74, 6) is -1.45. The Morgan fingerprint density at radius 3 is 2.69 bits per heavy atom. The van der Waals surface area contributed by atoms with Gasteiger partial charge in [-0.1, -0.05) is 29.8 Å². The number of anilines is 2. The fourth-order valence-corrected chi connectivity index (χ4v) is 4.71. The van der Waals surface area contributed by atoms with Gasteiger partial charge < -0.3 is 10.2 Å². The van der Waals surface area contributed by atoms with E-state index in [0.29, 0.717) is 11.3 Å². The van der Waals surface area contributed by atoms with Crippen LogP contribution in [0.2, 0.25) is 5.15 Å². The van der Waals surface area contributed by atoms with E-state index in [2.05, 4.69) is 15.4 Å². The smallest absolute Gasteiger partial charge is 0.377 e. The van der Waals surface area contributed by atoms with Gasteiger partial charge in [0.25, 0.3) is 5.91 Å². The van der Waals surface area contributed by atoms with Crippen molar-refractivity contribution >= 4 is 34.5 Å². The van der Waals surface area contributed by atoms with E-state index in [9.17, 15) is 22.4 Å². The maximum absolute atomic E-state index is 14.1. The highest BCUT2D eigenvalue weighted by atomic mass is 35.5. The molecule has 6 nitrogen and oxygen atoms in total. The van der Waals surface area contributed by atoms with Gasteiger partial charge in [-0.3, -0.25) is 4.79 Å². The highest BCUT2D eigenvalue weighted by Crippen LogP contribution is 2.39. The van der Waals surface area contributed by atoms with Crippen LogP contribution in [0.15, 0.2) is 60.9 Å². The molecule has 2 aromatic carbocycles. The Morgan fingerprint density at radius 2 is 1.94 bits per heavy atom. The second-order valence-corrected chi connectivity index (χ2v) is 8.66. The van der Waals surface area contributed by atoms with Crippen molar-refractivity contribution in [1.29, 1.82) is 0 Å². The molecule has 1 N–H and O–H groups in total. The van der Waals surface area contributed by atoms with Crippen LogP contribution in [0.25, 0.3) is 5.65 Å². The van der Waals surface area contributed by atoms with Crippen LogP contribution >= 0.6 is 11.6 Å². The predicted molar refractivity (Wildman–Crippen MR) is 123 cm³/mol. The van der Waals surface area contributed by atoms with Crippen molar-refractivity contribution < 1.29 is 22.4 Å². The summed E-state index contributed by atoms with van der Waals surface area (Å²) in [4.78, 5) is 19.1. The molecule has 1 aliphatic rings. The van der Waals surface area contributed by atoms with Crippen LogP contribution in [0, 0.1) is 5.82 Å². The Kier molecular flexibility index (Phi) is 5.63. The summed E-state index contributed by atoms with van der Waals surface area (Å²) in [6.45, 7) is 1.79. The van der Waals surface area contributed by atoms with Crippen LogP contribution in [0.1, 0.15) is 28.4 Å². The molecule has 4 aromatic rings. The van der Waals surface area contributed by atoms with E-state index in [4.69, 9.17) is 11.6 Å². The number of aromatic nitrogens is 3. The molecule has 0 spiro atoms. The lowest BCUT2D eigenvalue weighted by Gasteiger charge is -2.41. The first-order valence-electron chi connectivity index (χ1n) is 10.7. The third-order valence-corrected chi connectivity index (χ3v) is 6.21. The molecule has 1 amide bonds. The van der Waals surface area contributed by atoms with Crippen molar-refractivity contribution in [2.45, 2.75) is 31.6 Å². The van der Waals surface area contributed by atoms with Crippen molar-refractivity contribution in [3.05, 3.63) is 88.6 Å². The van der Waals surface area contributed by atoms with Gasteiger partial charge in [0.15, 0.2) is 10.8 Å². The third-order valence-electron chi connectivity index (χ3n) is 6.03. The molecule has 1 aliphatic heterocycles. The molecular weight excluding hydrogens is 486 g/mol. The number of nitrogens with zero attached hydrogens (tertiary/aromatic N) is 4. The van der Waals surface area contributed by atoms with Gasteiger partial charge in [-0.05, 0) is 43.2 Å². The van der Waals surface area contributed by atoms with Crippen molar-refractivity contribution in [2.75, 3.05) is 10.2 Å². The van der Waals surface area contributed by atoms with Gasteiger partial charge in [-0.25, -0.2) is 13.9 Å². The Labute approximate surface area is 202 Å². The zero-order chi connectivity index (χ0) is 24.9. The van der Waals surface area contributed by atoms with Crippen LogP contribution in [-0.4, -0.2) is 32.6 Å². The number of carbonyl (C=O) groups is 1. The minimum atomic E-state index is -4.72. The number of alkyl halides is 3. The molecule has 0 saturated carbocycles. The van der Waals surface area contributed by atoms with Gasteiger partial charge in [-0.15, -0.1) is 0 Å². The van der Waals surface area contributed by atoms with E-state index in [1.807, 2.05) is 0 Å². The fraction of sp³-hybridized carbons (Fsp3) is 0.208. The number of benzene rings is 2. The topological polar surface area (TPSA) is 62.5 Å². The maximum atomic E-state index is 14.1. The van der Waals surface area contributed by atoms with Crippen molar-refractivity contribution in [3.63, 3.8) is 0 Å². The number of carbonyl (C=O) groups excluding carboxylic acids is 1. The predicted octanol–water partition coefficient (Wildman–Crippen LogP) is 5.61. The zero-order valence-corrected chi connectivity index (χ0v) is 19.0. The minimum absolute atomic E-state index is 0.110. The number of fused-ring (bicyclic) bond motifs is 2. The highest BCUT2D eigenvalue weighted by Gasteiger charge is 2.43. The van der Waals surface area contributed by atoms with Gasteiger partial charge in [0.2, 0.25) is 0 Å². The number of hydrogen-bond acceptors (Lipinski definition) is 4. The molecule has 35 heavy (non-hydrogen) atoms. The lowest BCUT2D eigenvalue weighted by Crippen LogP contribution is -2.53. The van der Waals surface area contributed by atoms with Crippen molar-refractivity contribution in [1.82, 2.24) is 14.6 Å². The van der Waals surface area contributed by atoms with Crippen LogP contribution in [0.5, 0.6) is 0 Å². The summed E-state index contributed by atoms with van der Waals surface area (Å²) in [6, 6.07) is 9.37. The second kappa shape index (κ2) is 8.53. The Balaban J connectivity index is 1.61. The van der Waals surface area contributed by atoms with E-state index in [-0.39, 0.29) is 22.8 Å². The molecule has 1 unspecified atom stereocenters. The number of halogens is 5. The van der Waals surface area contributed by atoms with E-state index in [1.54, 1.807) is 25.4 Å². The molecule has 0 aliphatic carbocycles. The monoisotopic (exact) mass is 503 g/mol. The van der Waals surface area contributed by atoms with Gasteiger partial charge in [0.1, 0.15) is 5.82 Å². The summed E-state index contributed by atoms with van der Waals surface area (Å²) in [7, 11) is 0. The van der Waals surface area contributed by atoms with E-state index in [0.717, 1.165) is 12.1 Å². The number of nitrogens with one attached hydrogen (secondary N) is 1. The Bertz CT molecular complexity index is 1440. The summed E-state index contributed by atoms with van der Waals surface area (Å²) >= 11 is 6.13. The Hall–Kier alpha value is -3.66. The third kappa shape index (κ3) is 4.18. The first kappa shape index (κ1) is 23.1. The number of amides is 1. The van der Waals surface area contributed by atoms with Gasteiger partial charge >= 0.3 is 6.18 Å². The Morgan fingerprint density at radius 1 is 1.17 bits per heavy atom. The van der Waals surface area contributed by atoms with Crippen molar-refractivity contribution in [2.24, 2.45) is 0 Å². The van der Waals surface area contributed by atoms with Crippen LogP contribution in [0.3, 0.4) is 0 Å². The molecule has 2 aromatic heterocycles. The molecule has 0 radical (unpaired) electrons. The molecule has 0 bridgehead atoms. The van der Waals surface area contributed by atoms with Gasteiger partial charge in [0, 0.05) is 30.2 Å². The lowest BCUT2D eigenvalue weighted by atomic mass is 9.86. The average Bonchev–Trinajstić information content (AvgIpc) is 3.26. The quantitative estimate of drug-likeness (QED) is 0.368. The maximum Gasteiger partial charge on any atom is 0.417 e. The van der Waals surface area contributed by atoms with Crippen LogP contribution in [-0.2, 0) is 12.6 Å². The molecule has 5 rings (SSSR count). The normalized spacial score (nSPS) is 16.9.